The number of rotatable bonds is 5. The summed E-state index contributed by atoms with van der Waals surface area (Å²) in [7, 11) is 0. The molecule has 0 radical (unpaired) electrons. The largest absolute Gasteiger partial charge is 0.462 e. The zero-order valence-corrected chi connectivity index (χ0v) is 15.9. The highest BCUT2D eigenvalue weighted by atomic mass is 32.1. The van der Waals surface area contributed by atoms with Crippen LogP contribution in [0.15, 0.2) is 48.5 Å². The molecule has 134 valence electrons. The summed E-state index contributed by atoms with van der Waals surface area (Å²) in [5, 5.41) is 5.33. The van der Waals surface area contributed by atoms with Crippen LogP contribution in [0.25, 0.3) is 10.8 Å². The third kappa shape index (κ3) is 3.63. The number of thiophene rings is 1. The number of esters is 1. The number of ether oxygens (including phenoxy) is 1. The fourth-order valence-electron chi connectivity index (χ4n) is 2.74. The predicted octanol–water partition coefficient (Wildman–Crippen LogP) is 5.45. The van der Waals surface area contributed by atoms with Crippen LogP contribution in [0.4, 0.5) is 5.00 Å². The van der Waals surface area contributed by atoms with E-state index >= 15 is 0 Å². The van der Waals surface area contributed by atoms with Gasteiger partial charge in [0.25, 0.3) is 5.91 Å². The van der Waals surface area contributed by atoms with Gasteiger partial charge in [0, 0.05) is 10.4 Å². The van der Waals surface area contributed by atoms with E-state index in [2.05, 4.69) is 19.2 Å². The van der Waals surface area contributed by atoms with Gasteiger partial charge in [-0.25, -0.2) is 4.79 Å². The zero-order chi connectivity index (χ0) is 18.7. The van der Waals surface area contributed by atoms with Crippen molar-refractivity contribution >= 4 is 39.0 Å². The average Bonchev–Trinajstić information content (AvgIpc) is 3.05. The van der Waals surface area contributed by atoms with E-state index in [0.29, 0.717) is 22.7 Å². The minimum absolute atomic E-state index is 0.232. The second kappa shape index (κ2) is 7.70. The van der Waals surface area contributed by atoms with Crippen LogP contribution >= 0.6 is 11.3 Å². The van der Waals surface area contributed by atoms with Gasteiger partial charge in [-0.3, -0.25) is 4.79 Å². The summed E-state index contributed by atoms with van der Waals surface area (Å²) in [4.78, 5) is 26.2. The van der Waals surface area contributed by atoms with Crippen molar-refractivity contribution in [3.8, 4) is 0 Å². The van der Waals surface area contributed by atoms with Gasteiger partial charge < -0.3 is 10.1 Å². The van der Waals surface area contributed by atoms with Crippen molar-refractivity contribution in [2.24, 2.45) is 0 Å². The lowest BCUT2D eigenvalue weighted by atomic mass is 10.0. The van der Waals surface area contributed by atoms with Crippen LogP contribution < -0.4 is 5.32 Å². The van der Waals surface area contributed by atoms with Gasteiger partial charge in [0.15, 0.2) is 0 Å². The third-order valence-electron chi connectivity index (χ3n) is 4.08. The number of fused-ring (bicyclic) bond motifs is 1. The van der Waals surface area contributed by atoms with Gasteiger partial charge in [0.05, 0.1) is 12.2 Å². The molecule has 1 aromatic heterocycles. The predicted molar refractivity (Wildman–Crippen MR) is 106 cm³/mol. The Hall–Kier alpha value is -2.66. The maximum Gasteiger partial charge on any atom is 0.341 e. The Morgan fingerprint density at radius 3 is 2.54 bits per heavy atom. The molecule has 0 saturated heterocycles. The molecule has 0 aliphatic carbocycles. The fraction of sp³-hybridized carbons (Fsp3) is 0.238. The number of hydrogen-bond acceptors (Lipinski definition) is 4. The maximum absolute atomic E-state index is 12.9. The van der Waals surface area contributed by atoms with Crippen molar-refractivity contribution in [1.82, 2.24) is 0 Å². The second-order valence-electron chi connectivity index (χ2n) is 6.25. The average molecular weight is 367 g/mol. The molecule has 0 spiro atoms. The van der Waals surface area contributed by atoms with Crippen LogP contribution in [0, 0.1) is 0 Å². The summed E-state index contributed by atoms with van der Waals surface area (Å²) in [5.41, 5.74) is 0.992. The topological polar surface area (TPSA) is 55.4 Å². The molecule has 1 heterocycles. The molecule has 1 amide bonds. The number of amides is 1. The standard InChI is InChI=1S/C21H21NO3S/c1-4-25-21(24)17-12-18(13(2)3)26-20(17)22-19(23)16-11-7-9-14-8-5-6-10-15(14)16/h5-13H,4H2,1-3H3,(H,22,23). The van der Waals surface area contributed by atoms with Gasteiger partial charge in [-0.15, -0.1) is 11.3 Å². The third-order valence-corrected chi connectivity index (χ3v) is 5.43. The molecule has 0 saturated carbocycles. The van der Waals surface area contributed by atoms with E-state index in [9.17, 15) is 9.59 Å². The lowest BCUT2D eigenvalue weighted by molar-refractivity contribution is 0.0528. The fourth-order valence-corrected chi connectivity index (χ4v) is 3.79. The molecular weight excluding hydrogens is 346 g/mol. The van der Waals surface area contributed by atoms with Gasteiger partial charge in [0.1, 0.15) is 5.00 Å². The molecule has 0 fully saturated rings. The first kappa shape index (κ1) is 18.1. The van der Waals surface area contributed by atoms with Crippen molar-refractivity contribution < 1.29 is 14.3 Å². The van der Waals surface area contributed by atoms with Crippen LogP contribution in [0.1, 0.15) is 52.3 Å². The first-order valence-corrected chi connectivity index (χ1v) is 9.42. The van der Waals surface area contributed by atoms with Gasteiger partial charge in [-0.05, 0) is 35.7 Å². The Kier molecular flexibility index (Phi) is 5.38. The van der Waals surface area contributed by atoms with Crippen LogP contribution in [-0.4, -0.2) is 18.5 Å². The van der Waals surface area contributed by atoms with E-state index in [4.69, 9.17) is 4.74 Å². The Balaban J connectivity index is 1.97. The Morgan fingerprint density at radius 1 is 1.08 bits per heavy atom. The van der Waals surface area contributed by atoms with E-state index in [0.717, 1.165) is 15.6 Å². The number of carbonyl (C=O) groups is 2. The van der Waals surface area contributed by atoms with Crippen LogP contribution in [0.2, 0.25) is 0 Å². The normalized spacial score (nSPS) is 10.9. The highest BCUT2D eigenvalue weighted by Gasteiger charge is 2.21. The molecule has 3 rings (SSSR count). The van der Waals surface area contributed by atoms with Gasteiger partial charge in [-0.2, -0.15) is 0 Å². The highest BCUT2D eigenvalue weighted by molar-refractivity contribution is 7.16. The van der Waals surface area contributed by atoms with Crippen molar-refractivity contribution in [1.29, 1.82) is 0 Å². The number of nitrogens with one attached hydrogen (secondary N) is 1. The molecule has 0 atom stereocenters. The van der Waals surface area contributed by atoms with Crippen molar-refractivity contribution in [3.63, 3.8) is 0 Å². The molecule has 0 bridgehead atoms. The number of carbonyl (C=O) groups excluding carboxylic acids is 2. The Labute approximate surface area is 156 Å². The lowest BCUT2D eigenvalue weighted by Crippen LogP contribution is -2.14. The van der Waals surface area contributed by atoms with Crippen LogP contribution in [0.3, 0.4) is 0 Å². The Bertz CT molecular complexity index is 954. The molecule has 2 aromatic carbocycles. The SMILES string of the molecule is CCOC(=O)c1cc(C(C)C)sc1NC(=O)c1cccc2ccccc12. The molecular formula is C21H21NO3S. The monoisotopic (exact) mass is 367 g/mol. The molecule has 0 aliphatic heterocycles. The first-order valence-electron chi connectivity index (χ1n) is 8.61. The molecule has 26 heavy (non-hydrogen) atoms. The maximum atomic E-state index is 12.9. The summed E-state index contributed by atoms with van der Waals surface area (Å²) in [6.07, 6.45) is 0. The Morgan fingerprint density at radius 2 is 1.81 bits per heavy atom. The smallest absolute Gasteiger partial charge is 0.341 e. The van der Waals surface area contributed by atoms with E-state index < -0.39 is 5.97 Å². The molecule has 3 aromatic rings. The zero-order valence-electron chi connectivity index (χ0n) is 15.0. The molecule has 4 nitrogen and oxygen atoms in total. The van der Waals surface area contributed by atoms with Crippen molar-refractivity contribution in [3.05, 3.63) is 64.5 Å². The van der Waals surface area contributed by atoms with E-state index in [1.807, 2.05) is 42.5 Å². The summed E-state index contributed by atoms with van der Waals surface area (Å²) in [5.74, 6) is -0.384. The lowest BCUT2D eigenvalue weighted by Gasteiger charge is -2.08. The summed E-state index contributed by atoms with van der Waals surface area (Å²) >= 11 is 1.42. The minimum Gasteiger partial charge on any atom is -0.462 e. The highest BCUT2D eigenvalue weighted by Crippen LogP contribution is 2.34. The second-order valence-corrected chi connectivity index (χ2v) is 7.33. The van der Waals surface area contributed by atoms with E-state index in [1.54, 1.807) is 13.0 Å². The molecule has 5 heteroatoms. The number of anilines is 1. The summed E-state index contributed by atoms with van der Waals surface area (Å²) < 4.78 is 5.14. The van der Waals surface area contributed by atoms with Crippen molar-refractivity contribution in [2.75, 3.05) is 11.9 Å². The van der Waals surface area contributed by atoms with Gasteiger partial charge >= 0.3 is 5.97 Å². The van der Waals surface area contributed by atoms with Gasteiger partial charge in [0.2, 0.25) is 0 Å². The van der Waals surface area contributed by atoms with Crippen molar-refractivity contribution in [2.45, 2.75) is 26.7 Å². The van der Waals surface area contributed by atoms with Crippen LogP contribution in [0.5, 0.6) is 0 Å². The van der Waals surface area contributed by atoms with E-state index in [1.165, 1.54) is 11.3 Å². The molecule has 0 unspecified atom stereocenters. The number of hydrogen-bond donors (Lipinski definition) is 1. The number of benzene rings is 2. The quantitative estimate of drug-likeness (QED) is 0.610. The molecule has 1 N–H and O–H groups in total. The minimum atomic E-state index is -0.413. The summed E-state index contributed by atoms with van der Waals surface area (Å²) in [6.45, 7) is 6.17. The van der Waals surface area contributed by atoms with E-state index in [-0.39, 0.29) is 11.8 Å². The van der Waals surface area contributed by atoms with Crippen LogP contribution in [-0.2, 0) is 4.74 Å². The molecule has 0 aliphatic rings. The van der Waals surface area contributed by atoms with Gasteiger partial charge in [-0.1, -0.05) is 50.2 Å². The summed E-state index contributed by atoms with van der Waals surface area (Å²) in [6, 6.07) is 15.2. The first-order chi connectivity index (χ1) is 12.5.